The van der Waals surface area contributed by atoms with Crippen molar-refractivity contribution in [1.29, 1.82) is 0 Å². The molecule has 1 aromatic rings. The van der Waals surface area contributed by atoms with Crippen LogP contribution in [0.5, 0.6) is 0 Å². The van der Waals surface area contributed by atoms with E-state index in [0.717, 1.165) is 6.20 Å². The third-order valence-electron chi connectivity index (χ3n) is 1.53. The normalized spacial score (nSPS) is 9.47. The predicted octanol–water partition coefficient (Wildman–Crippen LogP) is -0.747. The molecule has 1 heterocycles. The van der Waals surface area contributed by atoms with Crippen LogP contribution in [0.4, 0.5) is 16.3 Å². The molecule has 0 unspecified atom stereocenters. The third kappa shape index (κ3) is 2.36. The minimum Gasteiger partial charge on any atom is -0.274 e. The monoisotopic (exact) mass is 212 g/mol. The van der Waals surface area contributed by atoms with Crippen LogP contribution in [-0.2, 0) is 0 Å². The Hall–Kier alpha value is -2.26. The number of hydrogen-bond acceptors (Lipinski definition) is 6. The number of carbonyl (C=O) groups excluding carboxylic acids is 1. The summed E-state index contributed by atoms with van der Waals surface area (Å²) >= 11 is 0. The first-order valence-electron chi connectivity index (χ1n) is 3.72. The molecule has 9 nitrogen and oxygen atoms in total. The zero-order valence-corrected chi connectivity index (χ0v) is 7.45. The fourth-order valence-electron chi connectivity index (χ4n) is 0.802. The van der Waals surface area contributed by atoms with Gasteiger partial charge in [-0.2, -0.15) is 0 Å². The van der Waals surface area contributed by atoms with Gasteiger partial charge >= 0.3 is 6.03 Å². The zero-order chi connectivity index (χ0) is 11.4. The van der Waals surface area contributed by atoms with Gasteiger partial charge < -0.3 is 0 Å². The van der Waals surface area contributed by atoms with E-state index in [2.05, 4.69) is 4.98 Å². The van der Waals surface area contributed by atoms with E-state index in [9.17, 15) is 14.9 Å². The van der Waals surface area contributed by atoms with Crippen LogP contribution in [0.25, 0.3) is 0 Å². The Labute approximate surface area is 83.8 Å². The van der Waals surface area contributed by atoms with Gasteiger partial charge in [-0.05, 0) is 6.07 Å². The number of nitrogens with two attached hydrogens (primary N) is 2. The zero-order valence-electron chi connectivity index (χ0n) is 7.45. The summed E-state index contributed by atoms with van der Waals surface area (Å²) in [6.07, 6.45) is 0.985. The second-order valence-corrected chi connectivity index (χ2v) is 2.45. The topological polar surface area (TPSA) is 140 Å². The van der Waals surface area contributed by atoms with Crippen LogP contribution >= 0.6 is 0 Å². The minimum atomic E-state index is -0.781. The average Bonchev–Trinajstić information content (AvgIpc) is 2.27. The van der Waals surface area contributed by atoms with Crippen molar-refractivity contribution in [3.63, 3.8) is 0 Å². The number of pyridine rings is 1. The lowest BCUT2D eigenvalue weighted by Gasteiger charge is -2.13. The van der Waals surface area contributed by atoms with E-state index < -0.39 is 11.0 Å². The molecule has 0 spiro atoms. The van der Waals surface area contributed by atoms with Crippen molar-refractivity contribution in [3.8, 4) is 0 Å². The average molecular weight is 212 g/mol. The molecule has 1 aromatic heterocycles. The van der Waals surface area contributed by atoms with E-state index >= 15 is 0 Å². The molecule has 0 radical (unpaired) electrons. The molecule has 0 aliphatic carbocycles. The van der Waals surface area contributed by atoms with E-state index in [1.54, 1.807) is 5.43 Å². The number of hydrazine groups is 2. The Morgan fingerprint density at radius 1 is 1.60 bits per heavy atom. The van der Waals surface area contributed by atoms with Crippen LogP contribution in [0.3, 0.4) is 0 Å². The highest BCUT2D eigenvalue weighted by molar-refractivity contribution is 5.89. The molecule has 0 aliphatic rings. The lowest BCUT2D eigenvalue weighted by Crippen LogP contribution is -2.48. The molecule has 0 aromatic carbocycles. The molecule has 0 bridgehead atoms. The molecule has 0 fully saturated rings. The van der Waals surface area contributed by atoms with Gasteiger partial charge in [0.1, 0.15) is 6.20 Å². The predicted molar refractivity (Wildman–Crippen MR) is 50.3 cm³/mol. The Morgan fingerprint density at radius 2 is 2.27 bits per heavy atom. The number of nitrogens with one attached hydrogen (secondary N) is 1. The van der Waals surface area contributed by atoms with Crippen molar-refractivity contribution in [2.45, 2.75) is 0 Å². The highest BCUT2D eigenvalue weighted by Gasteiger charge is 2.13. The first kappa shape index (κ1) is 10.8. The number of urea groups is 1. The molecule has 80 valence electrons. The Balaban J connectivity index is 2.89. The van der Waals surface area contributed by atoms with E-state index in [0.29, 0.717) is 5.01 Å². The van der Waals surface area contributed by atoms with Crippen LogP contribution in [0.1, 0.15) is 0 Å². The van der Waals surface area contributed by atoms with Gasteiger partial charge in [-0.1, -0.05) is 0 Å². The number of carbonyl (C=O) groups is 1. The second kappa shape index (κ2) is 4.30. The second-order valence-electron chi connectivity index (χ2n) is 2.45. The first-order valence-corrected chi connectivity index (χ1v) is 3.72. The number of hydrogen-bond donors (Lipinski definition) is 3. The number of amides is 2. The molecule has 15 heavy (non-hydrogen) atoms. The van der Waals surface area contributed by atoms with Gasteiger partial charge in [0.2, 0.25) is 0 Å². The highest BCUT2D eigenvalue weighted by atomic mass is 16.6. The number of nitrogens with zero attached hydrogens (tertiary/aromatic N) is 3. The minimum absolute atomic E-state index is 0.0450. The lowest BCUT2D eigenvalue weighted by molar-refractivity contribution is -0.385. The van der Waals surface area contributed by atoms with E-state index in [1.807, 2.05) is 0 Å². The van der Waals surface area contributed by atoms with Crippen molar-refractivity contribution >= 4 is 17.5 Å². The van der Waals surface area contributed by atoms with E-state index in [4.69, 9.17) is 11.7 Å². The van der Waals surface area contributed by atoms with E-state index in [-0.39, 0.29) is 11.5 Å². The lowest BCUT2D eigenvalue weighted by atomic mass is 10.4. The standard InChI is InChI=1S/C6H8N6O3/c7-10-6(13)11(8)5-2-1-4(3-9-5)12(14)15/h1-3H,7-8H2,(H,10,13). The quantitative estimate of drug-likeness (QED) is 0.255. The van der Waals surface area contributed by atoms with Gasteiger partial charge in [-0.15, -0.1) is 0 Å². The fourth-order valence-corrected chi connectivity index (χ4v) is 0.802. The Kier molecular flexibility index (Phi) is 3.10. The SMILES string of the molecule is NNC(=O)N(N)c1ccc([N+](=O)[O-])cn1. The van der Waals surface area contributed by atoms with Crippen molar-refractivity contribution in [2.75, 3.05) is 5.01 Å². The smallest absolute Gasteiger partial charge is 0.274 e. The third-order valence-corrected chi connectivity index (χ3v) is 1.53. The van der Waals surface area contributed by atoms with Gasteiger partial charge in [-0.3, -0.25) is 15.5 Å². The van der Waals surface area contributed by atoms with Crippen molar-refractivity contribution in [2.24, 2.45) is 11.7 Å². The molecule has 1 rings (SSSR count). The van der Waals surface area contributed by atoms with Gasteiger partial charge in [0, 0.05) is 6.07 Å². The fraction of sp³-hybridized carbons (Fsp3) is 0. The van der Waals surface area contributed by atoms with E-state index in [1.165, 1.54) is 12.1 Å². The first-order chi connectivity index (χ1) is 7.06. The summed E-state index contributed by atoms with van der Waals surface area (Å²) in [7, 11) is 0. The van der Waals surface area contributed by atoms with Crippen molar-refractivity contribution in [1.82, 2.24) is 10.4 Å². The highest BCUT2D eigenvalue weighted by Crippen LogP contribution is 2.13. The maximum absolute atomic E-state index is 10.9. The summed E-state index contributed by atoms with van der Waals surface area (Å²) in [4.78, 5) is 24.2. The van der Waals surface area contributed by atoms with Gasteiger partial charge in [0.25, 0.3) is 5.69 Å². The molecule has 9 heteroatoms. The molecular weight excluding hydrogens is 204 g/mol. The summed E-state index contributed by atoms with van der Waals surface area (Å²) in [6, 6.07) is 1.62. The summed E-state index contributed by atoms with van der Waals surface area (Å²) in [6.45, 7) is 0. The molecule has 0 saturated carbocycles. The van der Waals surface area contributed by atoms with Crippen LogP contribution in [0.2, 0.25) is 0 Å². The van der Waals surface area contributed by atoms with Gasteiger partial charge in [-0.25, -0.2) is 26.5 Å². The summed E-state index contributed by atoms with van der Waals surface area (Å²) in [5.41, 5.74) is 1.59. The molecule has 2 amide bonds. The Bertz CT molecular complexity index is 377. The molecule has 5 N–H and O–H groups in total. The molecule has 0 atom stereocenters. The molecule has 0 aliphatic heterocycles. The largest absolute Gasteiger partial charge is 0.351 e. The Morgan fingerprint density at radius 3 is 2.67 bits per heavy atom. The summed E-state index contributed by atoms with van der Waals surface area (Å²) in [5.74, 6) is 10.2. The summed E-state index contributed by atoms with van der Waals surface area (Å²) in [5, 5.41) is 10.9. The van der Waals surface area contributed by atoms with Crippen LogP contribution in [0.15, 0.2) is 18.3 Å². The number of rotatable bonds is 2. The maximum atomic E-state index is 10.9. The maximum Gasteiger partial charge on any atom is 0.351 e. The van der Waals surface area contributed by atoms with Crippen LogP contribution in [-0.4, -0.2) is 15.9 Å². The van der Waals surface area contributed by atoms with Crippen LogP contribution < -0.4 is 22.1 Å². The number of nitro groups is 1. The van der Waals surface area contributed by atoms with Crippen LogP contribution in [0, 0.1) is 10.1 Å². The number of anilines is 1. The molecular formula is C6H8N6O3. The van der Waals surface area contributed by atoms with Crippen molar-refractivity contribution < 1.29 is 9.72 Å². The van der Waals surface area contributed by atoms with Crippen molar-refractivity contribution in [3.05, 3.63) is 28.4 Å². The number of aromatic nitrogens is 1. The molecule has 0 saturated heterocycles. The summed E-state index contributed by atoms with van der Waals surface area (Å²) < 4.78 is 0. The van der Waals surface area contributed by atoms with Gasteiger partial charge in [0.05, 0.1) is 4.92 Å². The van der Waals surface area contributed by atoms with Gasteiger partial charge in [0.15, 0.2) is 5.82 Å².